The average Bonchev–Trinajstić information content (AvgIpc) is 3.60. The van der Waals surface area contributed by atoms with Gasteiger partial charge in [0.15, 0.2) is 37.2 Å². The zero-order valence-electron chi connectivity index (χ0n) is 45.9. The minimum atomic E-state index is -1.59. The molecule has 20 heteroatoms. The monoisotopic (exact) mass is 1070 g/mol. The standard InChI is InChI=1S/C55H88O20/c1-12-32-44(57)46(59)43-31-14-13-29-19-30(15-17-54(29,6)33(31)16-18-55(32,43)7)70-39-20-34(62-8)49(25(2)66-39)72-40-21-35(63-9)50(26(3)67-40)73-41-22-36(64-10)51(27(4)68-41)74-42-23-37(65-11)52(28(5)69-42)75-53-48(61)47(60)45(58)38(24-56)71-53/h13,25-28,30-31,33-43,45,47-53,56-58,60-61H,12,14-24H2,1-11H3/t25-,26-,27-,28-,30+,31-,33+,34+,35+,36-,37-,38-,39+,40+,41+,42+,43+,45-,47+,48-,49-,50-,51-,52-,53+,54+,55-/m1/s1. The molecule has 9 aliphatic rings. The lowest BCUT2D eigenvalue weighted by Gasteiger charge is -2.57. The lowest BCUT2D eigenvalue weighted by atomic mass is 9.47. The minimum absolute atomic E-state index is 0.00617. The van der Waals surface area contributed by atoms with Crippen LogP contribution in [0.25, 0.3) is 0 Å². The van der Waals surface area contributed by atoms with Gasteiger partial charge in [-0.2, -0.15) is 0 Å². The third kappa shape index (κ3) is 11.1. The Bertz CT molecular complexity index is 2000. The molecule has 20 nitrogen and oxygen atoms in total. The van der Waals surface area contributed by atoms with Crippen LogP contribution in [0.15, 0.2) is 23.0 Å². The van der Waals surface area contributed by atoms with E-state index in [0.717, 1.165) is 44.1 Å². The van der Waals surface area contributed by atoms with Crippen LogP contribution in [-0.2, 0) is 71.1 Å². The first kappa shape index (κ1) is 57.9. The van der Waals surface area contributed by atoms with Crippen LogP contribution in [0, 0.1) is 28.6 Å². The van der Waals surface area contributed by atoms with Crippen LogP contribution in [0.5, 0.6) is 0 Å². The van der Waals surface area contributed by atoms with Crippen LogP contribution in [0.3, 0.4) is 0 Å². The summed E-state index contributed by atoms with van der Waals surface area (Å²) in [7, 11) is 6.47. The first-order valence-corrected chi connectivity index (χ1v) is 27.8. The molecule has 5 heterocycles. The number of hydrogen-bond donors (Lipinski definition) is 5. The largest absolute Gasteiger partial charge is 0.504 e. The van der Waals surface area contributed by atoms with Crippen molar-refractivity contribution in [3.8, 4) is 0 Å². The summed E-state index contributed by atoms with van der Waals surface area (Å²) in [5.41, 5.74) is 2.13. The van der Waals surface area contributed by atoms with Crippen LogP contribution < -0.4 is 0 Å². The number of methoxy groups -OCH3 is 4. The van der Waals surface area contributed by atoms with Gasteiger partial charge in [0.25, 0.3) is 0 Å². The highest BCUT2D eigenvalue weighted by Gasteiger charge is 2.62. The fourth-order valence-electron chi connectivity index (χ4n) is 15.1. The second kappa shape index (κ2) is 23.7. The van der Waals surface area contributed by atoms with Gasteiger partial charge in [-0.15, -0.1) is 0 Å². The van der Waals surface area contributed by atoms with Gasteiger partial charge >= 0.3 is 0 Å². The summed E-state index contributed by atoms with van der Waals surface area (Å²) in [5.74, 6) is 0.475. The van der Waals surface area contributed by atoms with Gasteiger partial charge in [0, 0.05) is 65.5 Å². The van der Waals surface area contributed by atoms with Crippen LogP contribution in [-0.4, -0.2) is 202 Å². The molecule has 5 N–H and O–H groups in total. The molecule has 75 heavy (non-hydrogen) atoms. The predicted molar refractivity (Wildman–Crippen MR) is 265 cm³/mol. The van der Waals surface area contributed by atoms with E-state index in [1.54, 1.807) is 28.3 Å². The fraction of sp³-hybridized carbons (Fsp3) is 0.909. The zero-order valence-corrected chi connectivity index (χ0v) is 45.9. The number of rotatable bonds is 16. The molecule has 0 aromatic rings. The van der Waals surface area contributed by atoms with Crippen LogP contribution >= 0.6 is 0 Å². The van der Waals surface area contributed by atoms with E-state index >= 15 is 0 Å². The first-order chi connectivity index (χ1) is 35.8. The molecule has 0 amide bonds. The quantitative estimate of drug-likeness (QED) is 0.135. The number of carbonyl (C=O) groups is 1. The van der Waals surface area contributed by atoms with E-state index < -0.39 is 124 Å². The molecule has 0 aromatic heterocycles. The smallest absolute Gasteiger partial charge is 0.201 e. The second-order valence-electron chi connectivity index (χ2n) is 23.4. The normalized spacial score (nSPS) is 50.5. The van der Waals surface area contributed by atoms with Crippen molar-refractivity contribution < 1.29 is 96.6 Å². The highest BCUT2D eigenvalue weighted by Crippen LogP contribution is 2.65. The number of allylic oxidation sites excluding steroid dienone is 3. The summed E-state index contributed by atoms with van der Waals surface area (Å²) in [6, 6.07) is 0. The third-order valence-electron chi connectivity index (χ3n) is 19.2. The van der Waals surface area contributed by atoms with Gasteiger partial charge in [-0.05, 0) is 95.5 Å². The SMILES string of the molecule is CCC1=C(O)C(=O)[C@@H]2[C@@H]3CC=C4C[C@@H](O[C@H]5C[C@H](OC)[C@H](O[C@H]6C[C@H](OC)[C@H](O[C@H]7C[C@@H](OC)[C@H](O[C@H]8C[C@@H](OC)[C@H](O[C@@H]9O[C@H](CO)[C@@H](O)[C@H](O)[C@H]9O)[C@@H](C)O8)[C@@H](C)O7)[C@@H](C)O6)[C@@H](C)O5)CC[C@]4(C)[C@H]3CC[C@]12C. The zero-order chi connectivity index (χ0) is 53.8. The fourth-order valence-corrected chi connectivity index (χ4v) is 15.1. The Hall–Kier alpha value is -1.77. The maximum Gasteiger partial charge on any atom is 0.201 e. The summed E-state index contributed by atoms with van der Waals surface area (Å²) in [6.07, 6.45) is -5.53. The highest BCUT2D eigenvalue weighted by molar-refractivity contribution is 6.00. The molecule has 0 bridgehead atoms. The molecule has 5 saturated heterocycles. The number of aliphatic hydroxyl groups excluding tert-OH is 5. The molecule has 0 spiro atoms. The molecule has 0 unspecified atom stereocenters. The Morgan fingerprint density at radius 1 is 0.613 bits per heavy atom. The van der Waals surface area contributed by atoms with Crippen molar-refractivity contribution >= 4 is 5.78 Å². The molecular weight excluding hydrogens is 981 g/mol. The van der Waals surface area contributed by atoms with Crippen molar-refractivity contribution in [2.75, 3.05) is 35.0 Å². The molecule has 428 valence electrons. The van der Waals surface area contributed by atoms with Crippen LogP contribution in [0.1, 0.15) is 119 Å². The highest BCUT2D eigenvalue weighted by atomic mass is 16.8. The average molecular weight is 1070 g/mol. The first-order valence-electron chi connectivity index (χ1n) is 27.8. The van der Waals surface area contributed by atoms with Crippen molar-refractivity contribution in [2.24, 2.45) is 28.6 Å². The lowest BCUT2D eigenvalue weighted by molar-refractivity contribution is -0.358. The van der Waals surface area contributed by atoms with Gasteiger partial charge in [0.2, 0.25) is 5.78 Å². The number of carbonyl (C=O) groups excluding carboxylic acids is 1. The molecule has 7 fully saturated rings. The van der Waals surface area contributed by atoms with E-state index in [1.165, 1.54) is 12.7 Å². The molecule has 4 aliphatic carbocycles. The van der Waals surface area contributed by atoms with E-state index in [4.69, 9.17) is 66.3 Å². The van der Waals surface area contributed by atoms with Crippen molar-refractivity contribution in [3.63, 3.8) is 0 Å². The van der Waals surface area contributed by atoms with Crippen molar-refractivity contribution in [1.29, 1.82) is 0 Å². The number of ketones is 1. The summed E-state index contributed by atoms with van der Waals surface area (Å²) in [5, 5.41) is 51.7. The number of fused-ring (bicyclic) bond motifs is 5. The minimum Gasteiger partial charge on any atom is -0.504 e. The molecule has 2 saturated carbocycles. The lowest BCUT2D eigenvalue weighted by Crippen LogP contribution is -2.62. The Balaban J connectivity index is 0.747. The van der Waals surface area contributed by atoms with Crippen molar-refractivity contribution in [2.45, 2.75) is 254 Å². The second-order valence-corrected chi connectivity index (χ2v) is 23.4. The molecule has 0 aromatic carbocycles. The van der Waals surface area contributed by atoms with Crippen molar-refractivity contribution in [1.82, 2.24) is 0 Å². The van der Waals surface area contributed by atoms with Crippen LogP contribution in [0.4, 0.5) is 0 Å². The van der Waals surface area contributed by atoms with E-state index in [0.29, 0.717) is 31.6 Å². The molecule has 5 aliphatic heterocycles. The van der Waals surface area contributed by atoms with Gasteiger partial charge < -0.3 is 91.8 Å². The molecule has 9 rings (SSSR count). The van der Waals surface area contributed by atoms with Crippen molar-refractivity contribution in [3.05, 3.63) is 23.0 Å². The van der Waals surface area contributed by atoms with Gasteiger partial charge in [0.05, 0.1) is 61.5 Å². The van der Waals surface area contributed by atoms with Gasteiger partial charge in [-0.1, -0.05) is 32.4 Å². The van der Waals surface area contributed by atoms with E-state index in [1.807, 2.05) is 20.8 Å². The Kier molecular flexibility index (Phi) is 18.3. The van der Waals surface area contributed by atoms with Gasteiger partial charge in [-0.25, -0.2) is 0 Å². The van der Waals surface area contributed by atoms with E-state index in [9.17, 15) is 30.3 Å². The maximum absolute atomic E-state index is 13.6. The van der Waals surface area contributed by atoms with Gasteiger partial charge in [-0.3, -0.25) is 4.79 Å². The Morgan fingerprint density at radius 3 is 1.52 bits per heavy atom. The number of hydrogen-bond acceptors (Lipinski definition) is 20. The summed E-state index contributed by atoms with van der Waals surface area (Å²) >= 11 is 0. The van der Waals surface area contributed by atoms with Gasteiger partial charge in [0.1, 0.15) is 48.8 Å². The number of ether oxygens (including phenoxy) is 14. The molecule has 27 atom stereocenters. The maximum atomic E-state index is 13.6. The Morgan fingerprint density at radius 2 is 1.07 bits per heavy atom. The Labute approximate surface area is 442 Å². The molecule has 0 radical (unpaired) electrons. The van der Waals surface area contributed by atoms with Crippen LogP contribution in [0.2, 0.25) is 0 Å². The third-order valence-corrected chi connectivity index (χ3v) is 19.2. The predicted octanol–water partition coefficient (Wildman–Crippen LogP) is 4.29. The number of aliphatic hydroxyl groups is 5. The number of Topliss-reactive ketones (excluding diaryl/α,β-unsaturated/α-hetero) is 1. The summed E-state index contributed by atoms with van der Waals surface area (Å²) in [4.78, 5) is 13.6. The summed E-state index contributed by atoms with van der Waals surface area (Å²) in [6.45, 7) is 13.7. The summed E-state index contributed by atoms with van der Waals surface area (Å²) < 4.78 is 88.0. The van der Waals surface area contributed by atoms with E-state index in [-0.39, 0.29) is 58.9 Å². The van der Waals surface area contributed by atoms with E-state index in [2.05, 4.69) is 26.8 Å². The molecular formula is C55H88O20. The topological polar surface area (TPSA) is 247 Å².